The average Bonchev–Trinajstić information content (AvgIpc) is 3.52. The first-order valence-electron chi connectivity index (χ1n) is 14.0. The van der Waals surface area contributed by atoms with Gasteiger partial charge in [0.05, 0.1) is 12.1 Å². The molecular formula is C32H36N2O6S. The predicted molar refractivity (Wildman–Crippen MR) is 157 cm³/mol. The maximum Gasteiger partial charge on any atom is 0.410 e. The fraction of sp³-hybridized carbons (Fsp3) is 0.406. The molecule has 1 saturated carbocycles. The van der Waals surface area contributed by atoms with Gasteiger partial charge in [-0.05, 0) is 74.8 Å². The number of carbonyl (C=O) groups excluding carboxylic acids is 2. The molecule has 216 valence electrons. The number of carboxylic acids is 1. The van der Waals surface area contributed by atoms with Crippen LogP contribution in [0, 0.1) is 0 Å². The van der Waals surface area contributed by atoms with E-state index in [0.717, 1.165) is 46.4 Å². The molecule has 2 amide bonds. The van der Waals surface area contributed by atoms with E-state index in [9.17, 15) is 19.5 Å². The molecular weight excluding hydrogens is 540 g/mol. The van der Waals surface area contributed by atoms with Crippen LogP contribution in [0.5, 0.6) is 0 Å². The molecule has 0 unspecified atom stereocenters. The summed E-state index contributed by atoms with van der Waals surface area (Å²) in [5, 5.41) is 14.0. The molecule has 0 aliphatic heterocycles. The van der Waals surface area contributed by atoms with Crippen LogP contribution in [0.2, 0.25) is 0 Å². The fourth-order valence-corrected chi connectivity index (χ4v) is 6.67. The van der Waals surface area contributed by atoms with E-state index in [1.54, 1.807) is 16.3 Å². The Morgan fingerprint density at radius 3 is 2.29 bits per heavy atom. The van der Waals surface area contributed by atoms with Crippen LogP contribution in [0.1, 0.15) is 78.7 Å². The van der Waals surface area contributed by atoms with Crippen molar-refractivity contribution in [2.24, 2.45) is 0 Å². The topological polar surface area (TPSA) is 105 Å². The highest BCUT2D eigenvalue weighted by atomic mass is 32.1. The summed E-state index contributed by atoms with van der Waals surface area (Å²) in [5.74, 6) is -1.07. The summed E-state index contributed by atoms with van der Waals surface area (Å²) >= 11 is 1.31. The molecule has 0 saturated heterocycles. The first-order valence-corrected chi connectivity index (χ1v) is 14.9. The van der Waals surface area contributed by atoms with Gasteiger partial charge in [0, 0.05) is 28.3 Å². The van der Waals surface area contributed by atoms with Gasteiger partial charge in [-0.1, -0.05) is 48.5 Å². The maximum absolute atomic E-state index is 13.8. The smallest absolute Gasteiger partial charge is 0.410 e. The Kier molecular flexibility index (Phi) is 8.35. The van der Waals surface area contributed by atoms with Gasteiger partial charge >= 0.3 is 18.2 Å². The molecule has 3 aromatic rings. The Morgan fingerprint density at radius 2 is 1.68 bits per heavy atom. The Bertz CT molecular complexity index is 1380. The van der Waals surface area contributed by atoms with E-state index in [4.69, 9.17) is 9.47 Å². The second-order valence-electron chi connectivity index (χ2n) is 11.7. The molecule has 2 atom stereocenters. The van der Waals surface area contributed by atoms with Crippen molar-refractivity contribution in [2.45, 2.75) is 76.6 Å². The van der Waals surface area contributed by atoms with Crippen LogP contribution in [-0.4, -0.2) is 52.5 Å². The van der Waals surface area contributed by atoms with E-state index in [1.165, 1.54) is 11.3 Å². The third-order valence-electron chi connectivity index (χ3n) is 7.61. The van der Waals surface area contributed by atoms with Gasteiger partial charge < -0.3 is 24.8 Å². The number of carboxylic acid groups (broad SMARTS) is 1. The van der Waals surface area contributed by atoms with E-state index in [1.807, 2.05) is 45.0 Å². The Balaban J connectivity index is 1.33. The zero-order chi connectivity index (χ0) is 29.1. The maximum atomic E-state index is 13.8. The summed E-state index contributed by atoms with van der Waals surface area (Å²) in [6.07, 6.45) is 2.01. The van der Waals surface area contributed by atoms with Crippen molar-refractivity contribution in [3.63, 3.8) is 0 Å². The first kappa shape index (κ1) is 28.7. The number of rotatable bonds is 7. The summed E-state index contributed by atoms with van der Waals surface area (Å²) < 4.78 is 11.5. The number of nitrogens with zero attached hydrogens (tertiary/aromatic N) is 1. The van der Waals surface area contributed by atoms with Gasteiger partial charge in [-0.2, -0.15) is 0 Å². The van der Waals surface area contributed by atoms with E-state index in [0.29, 0.717) is 6.42 Å². The fourth-order valence-electron chi connectivity index (χ4n) is 5.82. The molecule has 2 aliphatic carbocycles. The van der Waals surface area contributed by atoms with Crippen LogP contribution < -0.4 is 5.32 Å². The number of fused-ring (bicyclic) bond motifs is 3. The molecule has 5 rings (SSSR count). The van der Waals surface area contributed by atoms with Crippen LogP contribution in [0.3, 0.4) is 0 Å². The minimum atomic E-state index is -1.00. The molecule has 1 aromatic heterocycles. The zero-order valence-corrected chi connectivity index (χ0v) is 24.4. The number of benzene rings is 2. The molecule has 2 aliphatic rings. The minimum Gasteiger partial charge on any atom is -0.478 e. The lowest BCUT2D eigenvalue weighted by atomic mass is 9.90. The molecule has 2 aromatic carbocycles. The standard InChI is InChI=1S/C32H36N2O6S/c1-32(2,3)40-30(37)33-21-9-8-10-22(16-21)34(17-23-15-20(19-41-23)29(35)36)31(38)39-18-28-26-13-6-4-11-24(26)25-12-5-7-14-27(25)28/h4-7,11-15,19,21-22,28H,8-10,16-18H2,1-3H3,(H,33,37)(H,35,36)/t21-,22-/m1/s1. The molecule has 1 fully saturated rings. The third-order valence-corrected chi connectivity index (χ3v) is 8.53. The summed E-state index contributed by atoms with van der Waals surface area (Å²) in [4.78, 5) is 40.2. The number of hydrogen-bond donors (Lipinski definition) is 2. The van der Waals surface area contributed by atoms with Crippen LogP contribution in [0.25, 0.3) is 11.1 Å². The molecule has 0 spiro atoms. The molecule has 0 bridgehead atoms. The molecule has 2 N–H and O–H groups in total. The lowest BCUT2D eigenvalue weighted by Gasteiger charge is -2.37. The number of carbonyl (C=O) groups is 3. The molecule has 41 heavy (non-hydrogen) atoms. The quantitative estimate of drug-likeness (QED) is 0.313. The van der Waals surface area contributed by atoms with Crippen molar-refractivity contribution in [3.05, 3.63) is 81.5 Å². The number of nitrogens with one attached hydrogen (secondary N) is 1. The summed E-state index contributed by atoms with van der Waals surface area (Å²) in [6.45, 7) is 5.89. The van der Waals surface area contributed by atoms with Crippen LogP contribution >= 0.6 is 11.3 Å². The summed E-state index contributed by atoms with van der Waals surface area (Å²) in [5.41, 5.74) is 4.18. The highest BCUT2D eigenvalue weighted by Crippen LogP contribution is 2.44. The SMILES string of the molecule is CC(C)(C)OC(=O)N[C@@H]1CCC[C@@H](N(Cc2cc(C(=O)O)cs2)C(=O)OCC2c3ccccc3-c3ccccc32)C1. The second-order valence-corrected chi connectivity index (χ2v) is 12.7. The van der Waals surface area contributed by atoms with Gasteiger partial charge in [0.1, 0.15) is 12.2 Å². The molecule has 0 radical (unpaired) electrons. The molecule has 8 nitrogen and oxygen atoms in total. The first-order chi connectivity index (χ1) is 19.6. The number of alkyl carbamates (subject to hydrolysis) is 1. The predicted octanol–water partition coefficient (Wildman–Crippen LogP) is 7.03. The van der Waals surface area contributed by atoms with Crippen LogP contribution in [0.4, 0.5) is 9.59 Å². The number of thiophene rings is 1. The van der Waals surface area contributed by atoms with E-state index < -0.39 is 23.8 Å². The van der Waals surface area contributed by atoms with Crippen molar-refractivity contribution in [1.29, 1.82) is 0 Å². The van der Waals surface area contributed by atoms with E-state index in [2.05, 4.69) is 29.6 Å². The number of ether oxygens (including phenoxy) is 2. The highest BCUT2D eigenvalue weighted by molar-refractivity contribution is 7.10. The Morgan fingerprint density at radius 1 is 1.02 bits per heavy atom. The highest BCUT2D eigenvalue weighted by Gasteiger charge is 2.34. The van der Waals surface area contributed by atoms with E-state index in [-0.39, 0.29) is 36.7 Å². The number of hydrogen-bond acceptors (Lipinski definition) is 6. The Hall–Kier alpha value is -3.85. The lowest BCUT2D eigenvalue weighted by molar-refractivity contribution is 0.0450. The van der Waals surface area contributed by atoms with Gasteiger partial charge in [-0.3, -0.25) is 0 Å². The summed E-state index contributed by atoms with van der Waals surface area (Å²) in [7, 11) is 0. The largest absolute Gasteiger partial charge is 0.478 e. The van der Waals surface area contributed by atoms with Crippen molar-refractivity contribution >= 4 is 29.5 Å². The van der Waals surface area contributed by atoms with Gasteiger partial charge in [0.2, 0.25) is 0 Å². The molecule has 9 heteroatoms. The minimum absolute atomic E-state index is 0.0681. The number of aromatic carboxylic acids is 1. The van der Waals surface area contributed by atoms with Crippen LogP contribution in [-0.2, 0) is 16.0 Å². The number of amides is 2. The third kappa shape index (κ3) is 6.73. The normalized spacial score (nSPS) is 18.2. The van der Waals surface area contributed by atoms with Crippen molar-refractivity contribution < 1.29 is 29.0 Å². The lowest BCUT2D eigenvalue weighted by Crippen LogP contribution is -2.48. The van der Waals surface area contributed by atoms with E-state index >= 15 is 0 Å². The van der Waals surface area contributed by atoms with Crippen molar-refractivity contribution in [3.8, 4) is 11.1 Å². The van der Waals surface area contributed by atoms with Gasteiger partial charge in [0.15, 0.2) is 0 Å². The second kappa shape index (κ2) is 11.9. The van der Waals surface area contributed by atoms with Gasteiger partial charge in [-0.25, -0.2) is 14.4 Å². The van der Waals surface area contributed by atoms with Crippen molar-refractivity contribution in [2.75, 3.05) is 6.61 Å². The average molecular weight is 577 g/mol. The zero-order valence-electron chi connectivity index (χ0n) is 23.6. The van der Waals surface area contributed by atoms with Gasteiger partial charge in [0.25, 0.3) is 0 Å². The Labute approximate surface area is 244 Å². The van der Waals surface area contributed by atoms with Gasteiger partial charge in [-0.15, -0.1) is 11.3 Å². The van der Waals surface area contributed by atoms with Crippen molar-refractivity contribution in [1.82, 2.24) is 10.2 Å². The summed E-state index contributed by atoms with van der Waals surface area (Å²) in [6, 6.07) is 17.7. The monoisotopic (exact) mass is 576 g/mol. The molecule has 1 heterocycles. The van der Waals surface area contributed by atoms with Crippen LogP contribution in [0.15, 0.2) is 60.0 Å².